The molecule has 1 saturated heterocycles. The first-order valence-electron chi connectivity index (χ1n) is 11.8. The van der Waals surface area contributed by atoms with E-state index in [-0.39, 0.29) is 22.8 Å². The van der Waals surface area contributed by atoms with E-state index in [1.807, 2.05) is 30.3 Å². The molecule has 1 atom stereocenters. The van der Waals surface area contributed by atoms with Crippen molar-refractivity contribution in [3.63, 3.8) is 0 Å². The molecule has 37 heavy (non-hydrogen) atoms. The van der Waals surface area contributed by atoms with Crippen LogP contribution >= 0.6 is 11.6 Å². The number of aliphatic hydroxyl groups excluding tert-OH is 1. The summed E-state index contributed by atoms with van der Waals surface area (Å²) in [7, 11) is 0. The van der Waals surface area contributed by atoms with Gasteiger partial charge in [0.1, 0.15) is 5.76 Å². The van der Waals surface area contributed by atoms with E-state index in [0.717, 1.165) is 10.8 Å². The van der Waals surface area contributed by atoms with E-state index in [9.17, 15) is 19.8 Å². The number of halogens is 1. The molecule has 7 heteroatoms. The number of hydrogen-bond donors (Lipinski definition) is 2. The molecule has 0 saturated carbocycles. The lowest BCUT2D eigenvalue weighted by Crippen LogP contribution is -2.30. The maximum Gasteiger partial charge on any atom is 0.300 e. The van der Waals surface area contributed by atoms with Gasteiger partial charge in [0.15, 0.2) is 11.5 Å². The first-order chi connectivity index (χ1) is 17.8. The van der Waals surface area contributed by atoms with E-state index in [1.54, 1.807) is 56.3 Å². The largest absolute Gasteiger partial charge is 0.507 e. The molecule has 1 aliphatic rings. The van der Waals surface area contributed by atoms with E-state index in [2.05, 4.69) is 0 Å². The van der Waals surface area contributed by atoms with Crippen LogP contribution in [0.25, 0.3) is 16.5 Å². The quantitative estimate of drug-likeness (QED) is 0.180. The highest BCUT2D eigenvalue weighted by Crippen LogP contribution is 2.45. The normalized spacial score (nSPS) is 16.9. The first-order valence-corrected chi connectivity index (χ1v) is 12.2. The molecule has 0 radical (unpaired) electrons. The highest BCUT2D eigenvalue weighted by atomic mass is 35.5. The molecule has 4 aromatic rings. The molecule has 1 fully saturated rings. The van der Waals surface area contributed by atoms with Crippen molar-refractivity contribution >= 4 is 45.5 Å². The van der Waals surface area contributed by atoms with E-state index in [1.165, 1.54) is 11.0 Å². The molecule has 0 aromatic heterocycles. The monoisotopic (exact) mass is 513 g/mol. The molecule has 1 aliphatic heterocycles. The molecule has 0 aliphatic carbocycles. The molecular formula is C30H24ClNO5. The molecule has 1 amide bonds. The van der Waals surface area contributed by atoms with Gasteiger partial charge in [-0.2, -0.15) is 0 Å². The number of aliphatic hydroxyl groups is 1. The zero-order chi connectivity index (χ0) is 26.3. The van der Waals surface area contributed by atoms with Gasteiger partial charge in [-0.25, -0.2) is 0 Å². The summed E-state index contributed by atoms with van der Waals surface area (Å²) in [6.07, 6.45) is 0. The Hall–Kier alpha value is -4.29. The second-order valence-electron chi connectivity index (χ2n) is 8.78. The van der Waals surface area contributed by atoms with Gasteiger partial charge >= 0.3 is 0 Å². The fourth-order valence-corrected chi connectivity index (χ4v) is 4.89. The van der Waals surface area contributed by atoms with Crippen molar-refractivity contribution in [3.05, 3.63) is 106 Å². The first kappa shape index (κ1) is 24.4. The van der Waals surface area contributed by atoms with Gasteiger partial charge in [-0.3, -0.25) is 14.5 Å². The van der Waals surface area contributed by atoms with Crippen molar-refractivity contribution in [1.82, 2.24) is 0 Å². The topological polar surface area (TPSA) is 87.1 Å². The number of benzene rings is 4. The number of amides is 1. The van der Waals surface area contributed by atoms with Crippen LogP contribution in [-0.4, -0.2) is 28.5 Å². The molecular weight excluding hydrogens is 490 g/mol. The van der Waals surface area contributed by atoms with E-state index < -0.39 is 17.7 Å². The van der Waals surface area contributed by atoms with Crippen LogP contribution in [0.5, 0.6) is 11.5 Å². The SMILES string of the molecule is CCOc1cc(C2/C(=C(\O)c3ccc4ccccc4c3)C(=O)C(=O)N2c2cccc(Cl)c2C)ccc1O. The fraction of sp³-hybridized carbons (Fsp3) is 0.133. The van der Waals surface area contributed by atoms with Gasteiger partial charge in [-0.05, 0) is 66.1 Å². The van der Waals surface area contributed by atoms with Gasteiger partial charge in [-0.15, -0.1) is 0 Å². The number of anilines is 1. The van der Waals surface area contributed by atoms with Gasteiger partial charge < -0.3 is 14.9 Å². The lowest BCUT2D eigenvalue weighted by atomic mass is 9.94. The van der Waals surface area contributed by atoms with Crippen LogP contribution in [0.4, 0.5) is 5.69 Å². The van der Waals surface area contributed by atoms with Crippen molar-refractivity contribution < 1.29 is 24.5 Å². The fourth-order valence-electron chi connectivity index (χ4n) is 4.72. The standard InChI is InChI=1S/C30H24ClNO5/c1-3-37-25-16-20(13-14-24(25)33)27-26(28(34)21-12-11-18-7-4-5-8-19(18)15-21)29(35)30(36)32(27)23-10-6-9-22(31)17(23)2/h4-16,27,33-34H,3H2,1-2H3/b28-26+. The maximum atomic E-state index is 13.5. The Labute approximate surface area is 219 Å². The van der Waals surface area contributed by atoms with Crippen LogP contribution < -0.4 is 9.64 Å². The number of phenolic OH excluding ortho intramolecular Hbond substituents is 1. The number of fused-ring (bicyclic) bond motifs is 1. The Morgan fingerprint density at radius 2 is 1.73 bits per heavy atom. The molecule has 0 bridgehead atoms. The zero-order valence-corrected chi connectivity index (χ0v) is 21.0. The van der Waals surface area contributed by atoms with Crippen molar-refractivity contribution in [2.75, 3.05) is 11.5 Å². The van der Waals surface area contributed by atoms with Crippen LogP contribution in [-0.2, 0) is 9.59 Å². The van der Waals surface area contributed by atoms with E-state index in [0.29, 0.717) is 34.0 Å². The lowest BCUT2D eigenvalue weighted by molar-refractivity contribution is -0.132. The van der Waals surface area contributed by atoms with Crippen LogP contribution in [0.15, 0.2) is 84.4 Å². The molecule has 1 unspecified atom stereocenters. The number of aromatic hydroxyl groups is 1. The second kappa shape index (κ2) is 9.64. The summed E-state index contributed by atoms with van der Waals surface area (Å²) in [5, 5.41) is 24.1. The molecule has 4 aromatic carbocycles. The lowest BCUT2D eigenvalue weighted by Gasteiger charge is -2.27. The summed E-state index contributed by atoms with van der Waals surface area (Å²) in [5.74, 6) is -1.76. The van der Waals surface area contributed by atoms with E-state index in [4.69, 9.17) is 16.3 Å². The predicted molar refractivity (Wildman–Crippen MR) is 144 cm³/mol. The van der Waals surface area contributed by atoms with Gasteiger partial charge in [0.2, 0.25) is 0 Å². The summed E-state index contributed by atoms with van der Waals surface area (Å²) in [5.41, 5.74) is 1.90. The predicted octanol–water partition coefficient (Wildman–Crippen LogP) is 6.53. The number of ketones is 1. The van der Waals surface area contributed by atoms with Crippen LogP contribution in [0.1, 0.15) is 29.7 Å². The number of carbonyl (C=O) groups excluding carboxylic acids is 2. The van der Waals surface area contributed by atoms with Crippen molar-refractivity contribution in [1.29, 1.82) is 0 Å². The number of phenols is 1. The van der Waals surface area contributed by atoms with Crippen LogP contribution in [0.3, 0.4) is 0 Å². The summed E-state index contributed by atoms with van der Waals surface area (Å²) >= 11 is 6.37. The number of ether oxygens (including phenoxy) is 1. The Bertz CT molecular complexity index is 1590. The summed E-state index contributed by atoms with van der Waals surface area (Å²) in [4.78, 5) is 28.3. The van der Waals surface area contributed by atoms with Gasteiger partial charge in [-0.1, -0.05) is 60.1 Å². The van der Waals surface area contributed by atoms with Crippen LogP contribution in [0.2, 0.25) is 5.02 Å². The zero-order valence-electron chi connectivity index (χ0n) is 20.2. The Kier molecular flexibility index (Phi) is 6.36. The van der Waals surface area contributed by atoms with Crippen molar-refractivity contribution in [2.45, 2.75) is 19.9 Å². The minimum atomic E-state index is -0.983. The van der Waals surface area contributed by atoms with Crippen LogP contribution in [0, 0.1) is 6.92 Å². The average Bonchev–Trinajstić information content (AvgIpc) is 3.16. The van der Waals surface area contributed by atoms with Crippen molar-refractivity contribution in [3.8, 4) is 11.5 Å². The van der Waals surface area contributed by atoms with Gasteiger partial charge in [0, 0.05) is 16.3 Å². The Morgan fingerprint density at radius 3 is 2.49 bits per heavy atom. The van der Waals surface area contributed by atoms with E-state index >= 15 is 0 Å². The third-order valence-electron chi connectivity index (χ3n) is 6.57. The van der Waals surface area contributed by atoms with Crippen molar-refractivity contribution in [2.24, 2.45) is 0 Å². The third kappa shape index (κ3) is 4.19. The highest BCUT2D eigenvalue weighted by Gasteiger charge is 2.47. The summed E-state index contributed by atoms with van der Waals surface area (Å²) in [6, 6.07) is 21.8. The minimum absolute atomic E-state index is 0.0622. The Morgan fingerprint density at radius 1 is 0.973 bits per heavy atom. The molecule has 186 valence electrons. The number of hydrogen-bond acceptors (Lipinski definition) is 5. The smallest absolute Gasteiger partial charge is 0.300 e. The second-order valence-corrected chi connectivity index (χ2v) is 9.18. The van der Waals surface area contributed by atoms with Gasteiger partial charge in [0.25, 0.3) is 11.7 Å². The molecule has 1 heterocycles. The molecule has 2 N–H and O–H groups in total. The molecule has 6 nitrogen and oxygen atoms in total. The number of rotatable bonds is 5. The summed E-state index contributed by atoms with van der Waals surface area (Å²) < 4.78 is 5.56. The average molecular weight is 514 g/mol. The summed E-state index contributed by atoms with van der Waals surface area (Å²) in [6.45, 7) is 3.86. The highest BCUT2D eigenvalue weighted by molar-refractivity contribution is 6.52. The molecule has 0 spiro atoms. The maximum absolute atomic E-state index is 13.5. The number of Topliss-reactive ketones (excluding diaryl/α,β-unsaturated/α-hetero) is 1. The number of carbonyl (C=O) groups is 2. The third-order valence-corrected chi connectivity index (χ3v) is 6.97. The minimum Gasteiger partial charge on any atom is -0.507 e. The van der Waals surface area contributed by atoms with Gasteiger partial charge in [0.05, 0.1) is 18.2 Å². The molecule has 5 rings (SSSR count). The number of nitrogens with zero attached hydrogens (tertiary/aromatic N) is 1. The Balaban J connectivity index is 1.76.